The minimum atomic E-state index is -1.75. The Bertz CT molecular complexity index is 1480. The number of nitrogens with one attached hydrogen (secondary N) is 1. The number of amides is 1. The molecule has 0 spiro atoms. The number of allylic oxidation sites excluding steroid dienone is 2. The Labute approximate surface area is 322 Å². The van der Waals surface area contributed by atoms with Crippen LogP contribution in [0.2, 0.25) is 0 Å². The van der Waals surface area contributed by atoms with Gasteiger partial charge in [-0.2, -0.15) is 0 Å². The summed E-state index contributed by atoms with van der Waals surface area (Å²) in [4.78, 5) is 37.7. The van der Waals surface area contributed by atoms with Gasteiger partial charge >= 0.3 is 11.9 Å². The number of methoxy groups -OCH3 is 1. The topological polar surface area (TPSA) is 172 Å². The highest BCUT2D eigenvalue weighted by atomic mass is 16.7. The summed E-state index contributed by atoms with van der Waals surface area (Å²) >= 11 is 0. The van der Waals surface area contributed by atoms with E-state index in [-0.39, 0.29) is 51.0 Å². The third-order valence-electron chi connectivity index (χ3n) is 16.7. The quantitative estimate of drug-likeness (QED) is 0.0780. The van der Waals surface area contributed by atoms with Gasteiger partial charge in [0.05, 0.1) is 18.6 Å². The molecule has 3 unspecified atom stereocenters. The van der Waals surface area contributed by atoms with E-state index in [1.54, 1.807) is 0 Å². The van der Waals surface area contributed by atoms with Crippen molar-refractivity contribution in [1.29, 1.82) is 0 Å². The minimum Gasteiger partial charge on any atom is -0.479 e. The SMILES string of the molecule is COC(=O)CCCCCNC(=O)[C@]12CCC(C)(C)CC1C1=CCC3[C@@]4(C)CC[C@H](O[C@H]5O[C@H](C(=O)O)[C@@H](O)[C@H](O)[C@@H]5O)C(C)(C)C4CC[C@@]3(C)[C@]1(C)CC2. The number of hydrogen-bond acceptors (Lipinski definition) is 9. The Hall–Kier alpha value is -2.05. The van der Waals surface area contributed by atoms with Crippen molar-refractivity contribution in [2.75, 3.05) is 13.7 Å². The van der Waals surface area contributed by atoms with Gasteiger partial charge in [0.2, 0.25) is 5.91 Å². The Morgan fingerprint density at radius 1 is 0.852 bits per heavy atom. The molecule has 306 valence electrons. The van der Waals surface area contributed by atoms with Crippen LogP contribution in [0.15, 0.2) is 11.6 Å². The third kappa shape index (κ3) is 6.67. The number of ether oxygens (including phenoxy) is 3. The lowest BCUT2D eigenvalue weighted by atomic mass is 9.33. The summed E-state index contributed by atoms with van der Waals surface area (Å²) in [6, 6.07) is 0. The van der Waals surface area contributed by atoms with Crippen LogP contribution in [0, 0.1) is 50.2 Å². The van der Waals surface area contributed by atoms with E-state index >= 15 is 0 Å². The molecule has 5 fully saturated rings. The third-order valence-corrected chi connectivity index (χ3v) is 16.7. The van der Waals surface area contributed by atoms with Crippen LogP contribution >= 0.6 is 0 Å². The standard InChI is InChI=1S/C43H69NO10/c1-38(2)19-21-43(37(51)44-23-11-9-10-12-30(45)52-8)22-20-41(6)25(26(43)24-38)13-14-28-40(5)17-16-29(39(3,4)27(40)15-18-42(28,41)7)53-36-33(48)31(46)32(47)34(54-36)35(49)50/h13,26-29,31-34,36,46-48H,9-12,14-24H2,1-8H3,(H,44,51)(H,49,50)/t26?,27?,28?,29-,31-,32-,33-,34-,36-,40-,41+,42+,43-/m0/s1. The zero-order valence-electron chi connectivity index (χ0n) is 34.1. The number of carbonyl (C=O) groups is 3. The fourth-order valence-corrected chi connectivity index (χ4v) is 13.2. The smallest absolute Gasteiger partial charge is 0.335 e. The zero-order chi connectivity index (χ0) is 39.6. The fourth-order valence-electron chi connectivity index (χ4n) is 13.2. The van der Waals surface area contributed by atoms with Crippen LogP contribution in [0.25, 0.3) is 0 Å². The molecule has 1 aliphatic heterocycles. The Balaban J connectivity index is 1.22. The molecule has 11 heteroatoms. The first kappa shape index (κ1) is 41.6. The van der Waals surface area contributed by atoms with E-state index in [1.165, 1.54) is 12.7 Å². The minimum absolute atomic E-state index is 0.00163. The normalized spacial score (nSPS) is 45.0. The molecule has 0 aromatic carbocycles. The molecule has 13 atom stereocenters. The molecule has 0 aromatic heterocycles. The van der Waals surface area contributed by atoms with Crippen molar-refractivity contribution >= 4 is 17.8 Å². The van der Waals surface area contributed by atoms with Gasteiger partial charge in [0.1, 0.15) is 18.3 Å². The van der Waals surface area contributed by atoms with E-state index in [4.69, 9.17) is 14.2 Å². The van der Waals surface area contributed by atoms with Crippen molar-refractivity contribution < 1.29 is 49.0 Å². The molecule has 1 saturated heterocycles. The molecule has 5 aliphatic carbocycles. The van der Waals surface area contributed by atoms with E-state index in [0.717, 1.165) is 77.0 Å². The predicted octanol–water partition coefficient (Wildman–Crippen LogP) is 5.92. The van der Waals surface area contributed by atoms with Crippen molar-refractivity contribution in [3.8, 4) is 0 Å². The molecule has 11 nitrogen and oxygen atoms in total. The van der Waals surface area contributed by atoms with Gasteiger partial charge in [-0.3, -0.25) is 9.59 Å². The lowest BCUT2D eigenvalue weighted by molar-refractivity contribution is -0.324. The van der Waals surface area contributed by atoms with Gasteiger partial charge in [0.25, 0.3) is 0 Å². The molecule has 1 heterocycles. The first-order valence-corrected chi connectivity index (χ1v) is 20.8. The highest BCUT2D eigenvalue weighted by Crippen LogP contribution is 2.76. The number of esters is 1. The lowest BCUT2D eigenvalue weighted by Gasteiger charge is -2.71. The summed E-state index contributed by atoms with van der Waals surface area (Å²) in [6.45, 7) is 17.3. The van der Waals surface area contributed by atoms with E-state index < -0.39 is 42.1 Å². The largest absolute Gasteiger partial charge is 0.479 e. The summed E-state index contributed by atoms with van der Waals surface area (Å²) in [5, 5.41) is 44.5. The number of aliphatic carboxylic acids is 1. The molecule has 0 bridgehead atoms. The second kappa shape index (κ2) is 14.7. The van der Waals surface area contributed by atoms with Crippen molar-refractivity contribution in [2.45, 2.75) is 175 Å². The number of carboxylic acids is 1. The maximum Gasteiger partial charge on any atom is 0.335 e. The van der Waals surface area contributed by atoms with Crippen LogP contribution in [0.5, 0.6) is 0 Å². The number of rotatable bonds is 10. The number of aliphatic hydroxyl groups is 3. The van der Waals surface area contributed by atoms with E-state index in [9.17, 15) is 34.8 Å². The molecule has 0 aromatic rings. The molecule has 5 N–H and O–H groups in total. The van der Waals surface area contributed by atoms with Gasteiger partial charge in [0, 0.05) is 13.0 Å². The van der Waals surface area contributed by atoms with E-state index in [0.29, 0.717) is 31.2 Å². The molecule has 1 amide bonds. The molecular weight excluding hydrogens is 690 g/mol. The zero-order valence-corrected chi connectivity index (χ0v) is 34.1. The summed E-state index contributed by atoms with van der Waals surface area (Å²) in [6.07, 6.45) is 6.53. The molecule has 6 aliphatic rings. The first-order chi connectivity index (χ1) is 25.2. The Kier molecular flexibility index (Phi) is 11.3. The maximum absolute atomic E-state index is 14.4. The predicted molar refractivity (Wildman–Crippen MR) is 202 cm³/mol. The molecule has 0 radical (unpaired) electrons. The molecular formula is C43H69NO10. The van der Waals surface area contributed by atoms with Crippen LogP contribution < -0.4 is 5.32 Å². The highest BCUT2D eigenvalue weighted by molar-refractivity contribution is 5.84. The highest BCUT2D eigenvalue weighted by Gasteiger charge is 2.69. The first-order valence-electron chi connectivity index (χ1n) is 20.8. The summed E-state index contributed by atoms with van der Waals surface area (Å²) in [7, 11) is 1.42. The average molecular weight is 760 g/mol. The molecule has 4 saturated carbocycles. The summed E-state index contributed by atoms with van der Waals surface area (Å²) < 4.78 is 16.8. The van der Waals surface area contributed by atoms with Crippen molar-refractivity contribution in [3.05, 3.63) is 11.6 Å². The van der Waals surface area contributed by atoms with Crippen LogP contribution in [-0.2, 0) is 28.6 Å². The summed E-state index contributed by atoms with van der Waals surface area (Å²) in [5.41, 5.74) is 0.924. The number of hydrogen-bond donors (Lipinski definition) is 5. The van der Waals surface area contributed by atoms with Crippen LogP contribution in [0.3, 0.4) is 0 Å². The van der Waals surface area contributed by atoms with E-state index in [1.807, 2.05) is 0 Å². The van der Waals surface area contributed by atoms with Crippen molar-refractivity contribution in [3.63, 3.8) is 0 Å². The second-order valence-electron chi connectivity index (χ2n) is 20.2. The van der Waals surface area contributed by atoms with Crippen molar-refractivity contribution in [1.82, 2.24) is 5.32 Å². The Morgan fingerprint density at radius 2 is 1.56 bits per heavy atom. The van der Waals surface area contributed by atoms with Gasteiger partial charge in [-0.1, -0.05) is 66.5 Å². The van der Waals surface area contributed by atoms with Gasteiger partial charge in [-0.05, 0) is 122 Å². The number of aliphatic hydroxyl groups excluding tert-OH is 3. The number of fused-ring (bicyclic) bond motifs is 7. The van der Waals surface area contributed by atoms with Gasteiger partial charge in [0.15, 0.2) is 12.4 Å². The number of unbranched alkanes of at least 4 members (excludes halogenated alkanes) is 2. The Morgan fingerprint density at radius 3 is 2.24 bits per heavy atom. The van der Waals surface area contributed by atoms with Crippen molar-refractivity contribution in [2.24, 2.45) is 50.2 Å². The van der Waals surface area contributed by atoms with Gasteiger partial charge in [-0.15, -0.1) is 0 Å². The maximum atomic E-state index is 14.4. The van der Waals surface area contributed by atoms with Crippen LogP contribution in [-0.4, -0.2) is 88.7 Å². The van der Waals surface area contributed by atoms with Crippen LogP contribution in [0.1, 0.15) is 138 Å². The second-order valence-corrected chi connectivity index (χ2v) is 20.2. The number of carbonyl (C=O) groups excluding carboxylic acids is 2. The number of carboxylic acid groups (broad SMARTS) is 1. The van der Waals surface area contributed by atoms with E-state index in [2.05, 4.69) is 59.9 Å². The van der Waals surface area contributed by atoms with Crippen LogP contribution in [0.4, 0.5) is 0 Å². The van der Waals surface area contributed by atoms with Gasteiger partial charge < -0.3 is 40.0 Å². The molecule has 6 rings (SSSR count). The van der Waals surface area contributed by atoms with Gasteiger partial charge in [-0.25, -0.2) is 4.79 Å². The summed E-state index contributed by atoms with van der Waals surface area (Å²) in [5.74, 6) is -0.470. The average Bonchev–Trinajstić information content (AvgIpc) is 3.10. The fraction of sp³-hybridized carbons (Fsp3) is 0.884. The monoisotopic (exact) mass is 759 g/mol. The molecule has 54 heavy (non-hydrogen) atoms. The lowest BCUT2D eigenvalue weighted by Crippen LogP contribution is -2.66.